The van der Waals surface area contributed by atoms with Crippen LogP contribution in [0.15, 0.2) is 12.3 Å². The molecule has 2 atom stereocenters. The number of nitrogens with zero attached hydrogens (tertiary/aromatic N) is 2. The summed E-state index contributed by atoms with van der Waals surface area (Å²) in [6.45, 7) is 2.02. The Morgan fingerprint density at radius 2 is 2.28 bits per heavy atom. The monoisotopic (exact) mass is 250 g/mol. The van der Waals surface area contributed by atoms with Crippen LogP contribution in [0.2, 0.25) is 0 Å². The summed E-state index contributed by atoms with van der Waals surface area (Å²) in [7, 11) is 1.64. The maximum absolute atomic E-state index is 12.0. The molecule has 96 valence electrons. The van der Waals surface area contributed by atoms with Gasteiger partial charge in [0.2, 0.25) is 0 Å². The number of aromatic nitrogens is 1. The number of pyridine rings is 1. The highest BCUT2D eigenvalue weighted by atomic mass is 16.6. The lowest BCUT2D eigenvalue weighted by Crippen LogP contribution is -2.27. The second-order valence-corrected chi connectivity index (χ2v) is 4.39. The van der Waals surface area contributed by atoms with Gasteiger partial charge in [-0.15, -0.1) is 0 Å². The van der Waals surface area contributed by atoms with E-state index in [-0.39, 0.29) is 17.3 Å². The van der Waals surface area contributed by atoms with Crippen LogP contribution in [0, 0.1) is 16.0 Å². The average Bonchev–Trinajstić information content (AvgIpc) is 3.03. The average molecular weight is 250 g/mol. The quantitative estimate of drug-likeness (QED) is 0.617. The van der Waals surface area contributed by atoms with E-state index in [4.69, 9.17) is 0 Å². The maximum Gasteiger partial charge on any atom is 0.300 e. The number of amides is 1. The molecular weight excluding hydrogens is 236 g/mol. The van der Waals surface area contributed by atoms with E-state index in [0.29, 0.717) is 11.7 Å². The number of nitro groups is 1. The van der Waals surface area contributed by atoms with E-state index < -0.39 is 10.8 Å². The molecule has 1 amide bonds. The summed E-state index contributed by atoms with van der Waals surface area (Å²) in [5.41, 5.74) is -0.238. The van der Waals surface area contributed by atoms with Gasteiger partial charge in [0.25, 0.3) is 11.6 Å². The van der Waals surface area contributed by atoms with Gasteiger partial charge >= 0.3 is 0 Å². The lowest BCUT2D eigenvalue weighted by molar-refractivity contribution is -0.385. The number of anilines is 1. The minimum Gasteiger partial charge on any atom is -0.373 e. The zero-order valence-corrected chi connectivity index (χ0v) is 10.1. The van der Waals surface area contributed by atoms with Crippen molar-refractivity contribution >= 4 is 17.4 Å². The highest BCUT2D eigenvalue weighted by Gasteiger charge is 2.35. The fourth-order valence-electron chi connectivity index (χ4n) is 1.68. The van der Waals surface area contributed by atoms with Crippen LogP contribution in [-0.2, 0) is 0 Å². The summed E-state index contributed by atoms with van der Waals surface area (Å²) in [5.74, 6) is 0.447. The Balaban J connectivity index is 2.27. The highest BCUT2D eigenvalue weighted by Crippen LogP contribution is 2.30. The largest absolute Gasteiger partial charge is 0.373 e. The minimum atomic E-state index is -0.600. The molecule has 2 N–H and O–H groups in total. The van der Waals surface area contributed by atoms with Crippen molar-refractivity contribution in [2.45, 2.75) is 19.4 Å². The molecule has 1 aromatic rings. The van der Waals surface area contributed by atoms with E-state index in [9.17, 15) is 14.9 Å². The van der Waals surface area contributed by atoms with Crippen molar-refractivity contribution in [1.29, 1.82) is 0 Å². The van der Waals surface area contributed by atoms with Crippen LogP contribution in [0.3, 0.4) is 0 Å². The van der Waals surface area contributed by atoms with Crippen LogP contribution in [0.5, 0.6) is 0 Å². The SMILES string of the molecule is CNc1cc(C(=O)NC2CC2C)c([N+](=O)[O-])cn1. The van der Waals surface area contributed by atoms with Gasteiger partial charge in [0.15, 0.2) is 0 Å². The zero-order valence-electron chi connectivity index (χ0n) is 10.1. The van der Waals surface area contributed by atoms with Crippen molar-refractivity contribution < 1.29 is 9.72 Å². The van der Waals surface area contributed by atoms with E-state index in [0.717, 1.165) is 12.6 Å². The molecular formula is C11H14N4O3. The molecule has 7 heteroatoms. The van der Waals surface area contributed by atoms with Gasteiger partial charge in [-0.25, -0.2) is 4.98 Å². The molecule has 1 fully saturated rings. The summed E-state index contributed by atoms with van der Waals surface area (Å²) in [6, 6.07) is 1.52. The Morgan fingerprint density at radius 1 is 1.61 bits per heavy atom. The fraction of sp³-hybridized carbons (Fsp3) is 0.455. The van der Waals surface area contributed by atoms with Crippen LogP contribution in [0.4, 0.5) is 11.5 Å². The summed E-state index contributed by atoms with van der Waals surface area (Å²) in [4.78, 5) is 26.1. The number of hydrogen-bond acceptors (Lipinski definition) is 5. The fourth-order valence-corrected chi connectivity index (χ4v) is 1.68. The predicted octanol–water partition coefficient (Wildman–Crippen LogP) is 1.17. The van der Waals surface area contributed by atoms with Crippen LogP contribution in [-0.4, -0.2) is 28.9 Å². The Labute approximate surface area is 104 Å². The Morgan fingerprint density at radius 3 is 2.78 bits per heavy atom. The van der Waals surface area contributed by atoms with E-state index in [1.165, 1.54) is 6.07 Å². The smallest absolute Gasteiger partial charge is 0.300 e. The zero-order chi connectivity index (χ0) is 13.3. The Hall–Kier alpha value is -2.18. The van der Waals surface area contributed by atoms with Gasteiger partial charge in [0.05, 0.1) is 4.92 Å². The second kappa shape index (κ2) is 4.59. The van der Waals surface area contributed by atoms with Crippen molar-refractivity contribution in [3.05, 3.63) is 27.9 Å². The van der Waals surface area contributed by atoms with Crippen molar-refractivity contribution in [3.8, 4) is 0 Å². The van der Waals surface area contributed by atoms with Crippen molar-refractivity contribution in [2.24, 2.45) is 5.92 Å². The van der Waals surface area contributed by atoms with Gasteiger partial charge in [-0.2, -0.15) is 0 Å². The van der Waals surface area contributed by atoms with Crippen molar-refractivity contribution in [2.75, 3.05) is 12.4 Å². The first kappa shape index (κ1) is 12.3. The molecule has 1 heterocycles. The van der Waals surface area contributed by atoms with Crippen LogP contribution in [0.1, 0.15) is 23.7 Å². The maximum atomic E-state index is 12.0. The molecule has 0 bridgehead atoms. The van der Waals surface area contributed by atoms with Crippen molar-refractivity contribution in [3.63, 3.8) is 0 Å². The molecule has 2 unspecified atom stereocenters. The first-order chi connectivity index (χ1) is 8.52. The number of carbonyl (C=O) groups is 1. The van der Waals surface area contributed by atoms with E-state index >= 15 is 0 Å². The molecule has 0 aromatic carbocycles. The molecule has 0 aliphatic heterocycles. The van der Waals surface area contributed by atoms with Gasteiger partial charge in [0, 0.05) is 19.2 Å². The molecule has 1 aliphatic rings. The van der Waals surface area contributed by atoms with Crippen molar-refractivity contribution in [1.82, 2.24) is 10.3 Å². The van der Waals surface area contributed by atoms with E-state index in [1.54, 1.807) is 7.05 Å². The lowest BCUT2D eigenvalue weighted by Gasteiger charge is -2.06. The van der Waals surface area contributed by atoms with E-state index in [1.807, 2.05) is 6.92 Å². The van der Waals surface area contributed by atoms with Gasteiger partial charge in [-0.3, -0.25) is 14.9 Å². The predicted molar refractivity (Wildman–Crippen MR) is 65.5 cm³/mol. The lowest BCUT2D eigenvalue weighted by atomic mass is 10.2. The molecule has 0 saturated heterocycles. The van der Waals surface area contributed by atoms with E-state index in [2.05, 4.69) is 15.6 Å². The molecule has 0 spiro atoms. The molecule has 1 aliphatic carbocycles. The van der Waals surface area contributed by atoms with Gasteiger partial charge < -0.3 is 10.6 Å². The third kappa shape index (κ3) is 2.39. The highest BCUT2D eigenvalue weighted by molar-refractivity contribution is 5.99. The Kier molecular flexibility index (Phi) is 3.14. The number of nitrogens with one attached hydrogen (secondary N) is 2. The van der Waals surface area contributed by atoms with Gasteiger partial charge in [-0.05, 0) is 12.3 Å². The molecule has 7 nitrogen and oxygen atoms in total. The number of carbonyl (C=O) groups excluding carboxylic acids is 1. The molecule has 2 rings (SSSR count). The summed E-state index contributed by atoms with van der Waals surface area (Å²) in [6.07, 6.45) is 2.01. The normalized spacial score (nSPS) is 21.2. The number of hydrogen-bond donors (Lipinski definition) is 2. The second-order valence-electron chi connectivity index (χ2n) is 4.39. The first-order valence-electron chi connectivity index (χ1n) is 5.66. The van der Waals surface area contributed by atoms with Gasteiger partial charge in [-0.1, -0.05) is 6.92 Å². The van der Waals surface area contributed by atoms with Crippen LogP contribution < -0.4 is 10.6 Å². The van der Waals surface area contributed by atoms with Crippen LogP contribution in [0.25, 0.3) is 0 Å². The molecule has 1 saturated carbocycles. The molecule has 1 aromatic heterocycles. The first-order valence-corrected chi connectivity index (χ1v) is 5.66. The third-order valence-electron chi connectivity index (χ3n) is 3.01. The standard InChI is InChI=1S/C11H14N4O3/c1-6-3-8(6)14-11(16)7-4-10(12-2)13-5-9(7)15(17)18/h4-6,8H,3H2,1-2H3,(H,12,13)(H,14,16). The topological polar surface area (TPSA) is 97.2 Å². The van der Waals surface area contributed by atoms with Gasteiger partial charge in [0.1, 0.15) is 17.6 Å². The summed E-state index contributed by atoms with van der Waals surface area (Å²) < 4.78 is 0. The number of rotatable bonds is 4. The third-order valence-corrected chi connectivity index (χ3v) is 3.01. The molecule has 18 heavy (non-hydrogen) atoms. The molecule has 0 radical (unpaired) electrons. The Bertz CT molecular complexity index is 503. The minimum absolute atomic E-state index is 0.0402. The summed E-state index contributed by atoms with van der Waals surface area (Å²) >= 11 is 0. The van der Waals surface area contributed by atoms with Crippen LogP contribution >= 0.6 is 0 Å². The summed E-state index contributed by atoms with van der Waals surface area (Å²) in [5, 5.41) is 16.4.